The molecular formula is C12H23NO. The largest absolute Gasteiger partial charge is 0.369 e. The molecule has 82 valence electrons. The summed E-state index contributed by atoms with van der Waals surface area (Å²) in [4.78, 5) is 0. The maximum atomic E-state index is 6.17. The Bertz CT molecular complexity index is 187. The predicted octanol–water partition coefficient (Wildman–Crippen LogP) is 2.33. The Labute approximate surface area is 87.4 Å². The molecule has 0 spiro atoms. The van der Waals surface area contributed by atoms with Crippen LogP contribution in [0.2, 0.25) is 0 Å². The lowest BCUT2D eigenvalue weighted by Crippen LogP contribution is -2.53. The summed E-state index contributed by atoms with van der Waals surface area (Å²) in [5, 5.41) is 3.50. The van der Waals surface area contributed by atoms with E-state index in [9.17, 15) is 0 Å². The van der Waals surface area contributed by atoms with Crippen LogP contribution in [-0.2, 0) is 4.74 Å². The van der Waals surface area contributed by atoms with Crippen molar-refractivity contribution in [3.8, 4) is 0 Å². The van der Waals surface area contributed by atoms with E-state index >= 15 is 0 Å². The molecule has 2 aliphatic rings. The standard InChI is InChI=1S/C12H23NO/c1-3-11-8-13-9-12(2,14-11)7-10-5-4-6-10/h10-11,13H,3-9H2,1-2H3. The lowest BCUT2D eigenvalue weighted by atomic mass is 9.77. The quantitative estimate of drug-likeness (QED) is 0.750. The van der Waals surface area contributed by atoms with Crippen LogP contribution in [0.1, 0.15) is 46.0 Å². The van der Waals surface area contributed by atoms with Gasteiger partial charge in [0.1, 0.15) is 0 Å². The number of hydrogen-bond acceptors (Lipinski definition) is 2. The van der Waals surface area contributed by atoms with Crippen LogP contribution in [0.4, 0.5) is 0 Å². The molecule has 1 N–H and O–H groups in total. The molecule has 0 amide bonds. The predicted molar refractivity (Wildman–Crippen MR) is 58.4 cm³/mol. The fourth-order valence-corrected chi connectivity index (χ4v) is 2.64. The van der Waals surface area contributed by atoms with E-state index in [2.05, 4.69) is 19.2 Å². The highest BCUT2D eigenvalue weighted by Gasteiger charge is 2.35. The van der Waals surface area contributed by atoms with Crippen molar-refractivity contribution >= 4 is 0 Å². The third kappa shape index (κ3) is 2.29. The fourth-order valence-electron chi connectivity index (χ4n) is 2.64. The van der Waals surface area contributed by atoms with Gasteiger partial charge in [-0.15, -0.1) is 0 Å². The summed E-state index contributed by atoms with van der Waals surface area (Å²) in [5.74, 6) is 0.942. The normalized spacial score (nSPS) is 39.4. The van der Waals surface area contributed by atoms with Crippen LogP contribution in [0.3, 0.4) is 0 Å². The van der Waals surface area contributed by atoms with Gasteiger partial charge in [0, 0.05) is 13.1 Å². The van der Waals surface area contributed by atoms with E-state index < -0.39 is 0 Å². The van der Waals surface area contributed by atoms with E-state index in [1.165, 1.54) is 25.7 Å². The second-order valence-corrected chi connectivity index (χ2v) is 5.23. The van der Waals surface area contributed by atoms with Crippen LogP contribution in [0, 0.1) is 5.92 Å². The van der Waals surface area contributed by atoms with Crippen LogP contribution in [0.5, 0.6) is 0 Å². The zero-order chi connectivity index (χ0) is 10.0. The van der Waals surface area contributed by atoms with Crippen molar-refractivity contribution in [1.29, 1.82) is 0 Å². The molecule has 1 saturated heterocycles. The summed E-state index contributed by atoms with van der Waals surface area (Å²) in [5.41, 5.74) is 0.115. The molecule has 2 rings (SSSR count). The van der Waals surface area contributed by atoms with Gasteiger partial charge in [-0.2, -0.15) is 0 Å². The number of hydrogen-bond donors (Lipinski definition) is 1. The van der Waals surface area contributed by atoms with Crippen molar-refractivity contribution in [3.63, 3.8) is 0 Å². The first-order valence-corrected chi connectivity index (χ1v) is 6.10. The average Bonchev–Trinajstić information content (AvgIpc) is 2.12. The molecule has 2 fully saturated rings. The van der Waals surface area contributed by atoms with Gasteiger partial charge in [-0.05, 0) is 25.7 Å². The Morgan fingerprint density at radius 3 is 2.79 bits per heavy atom. The van der Waals surface area contributed by atoms with Crippen molar-refractivity contribution in [3.05, 3.63) is 0 Å². The maximum absolute atomic E-state index is 6.17. The van der Waals surface area contributed by atoms with Crippen molar-refractivity contribution in [1.82, 2.24) is 5.32 Å². The first-order valence-electron chi connectivity index (χ1n) is 6.10. The highest BCUT2D eigenvalue weighted by Crippen LogP contribution is 2.36. The molecule has 2 nitrogen and oxygen atoms in total. The summed E-state index contributed by atoms with van der Waals surface area (Å²) in [6.07, 6.45) is 7.12. The first kappa shape index (κ1) is 10.4. The number of rotatable bonds is 3. The highest BCUT2D eigenvalue weighted by molar-refractivity contribution is 4.89. The van der Waals surface area contributed by atoms with Gasteiger partial charge in [-0.3, -0.25) is 0 Å². The van der Waals surface area contributed by atoms with Crippen LogP contribution >= 0.6 is 0 Å². The SMILES string of the molecule is CCC1CNCC(C)(CC2CCC2)O1. The molecule has 0 bridgehead atoms. The van der Waals surface area contributed by atoms with Gasteiger partial charge < -0.3 is 10.1 Å². The second kappa shape index (κ2) is 4.19. The second-order valence-electron chi connectivity index (χ2n) is 5.23. The molecule has 0 radical (unpaired) electrons. The lowest BCUT2D eigenvalue weighted by Gasteiger charge is -2.42. The van der Waals surface area contributed by atoms with Crippen LogP contribution in [-0.4, -0.2) is 24.8 Å². The zero-order valence-electron chi connectivity index (χ0n) is 9.51. The molecule has 2 unspecified atom stereocenters. The first-order chi connectivity index (χ1) is 6.72. The minimum absolute atomic E-state index is 0.115. The summed E-state index contributed by atoms with van der Waals surface area (Å²) >= 11 is 0. The van der Waals surface area contributed by atoms with Gasteiger partial charge in [0.25, 0.3) is 0 Å². The molecule has 1 saturated carbocycles. The van der Waals surface area contributed by atoms with E-state index in [1.807, 2.05) is 0 Å². The molecular weight excluding hydrogens is 174 g/mol. The van der Waals surface area contributed by atoms with E-state index in [4.69, 9.17) is 4.74 Å². The van der Waals surface area contributed by atoms with Gasteiger partial charge in [0.15, 0.2) is 0 Å². The minimum Gasteiger partial charge on any atom is -0.369 e. The maximum Gasteiger partial charge on any atom is 0.0785 e. The average molecular weight is 197 g/mol. The minimum atomic E-state index is 0.115. The monoisotopic (exact) mass is 197 g/mol. The van der Waals surface area contributed by atoms with E-state index in [0.717, 1.165) is 25.4 Å². The molecule has 14 heavy (non-hydrogen) atoms. The summed E-state index contributed by atoms with van der Waals surface area (Å²) < 4.78 is 6.17. The van der Waals surface area contributed by atoms with Crippen LogP contribution in [0.15, 0.2) is 0 Å². The molecule has 2 atom stereocenters. The Hall–Kier alpha value is -0.0800. The molecule has 0 aromatic heterocycles. The molecule has 0 aromatic carbocycles. The van der Waals surface area contributed by atoms with E-state index in [-0.39, 0.29) is 5.60 Å². The Morgan fingerprint density at radius 2 is 2.21 bits per heavy atom. The molecule has 1 heterocycles. The highest BCUT2D eigenvalue weighted by atomic mass is 16.5. The van der Waals surface area contributed by atoms with Crippen molar-refractivity contribution in [2.24, 2.45) is 5.92 Å². The molecule has 1 aliphatic heterocycles. The van der Waals surface area contributed by atoms with Crippen LogP contribution in [0.25, 0.3) is 0 Å². The summed E-state index contributed by atoms with van der Waals surface area (Å²) in [6, 6.07) is 0. The summed E-state index contributed by atoms with van der Waals surface area (Å²) in [7, 11) is 0. The number of morpholine rings is 1. The van der Waals surface area contributed by atoms with E-state index in [1.54, 1.807) is 0 Å². The van der Waals surface area contributed by atoms with Crippen molar-refractivity contribution in [2.45, 2.75) is 57.7 Å². The third-order valence-corrected chi connectivity index (χ3v) is 3.72. The Balaban J connectivity index is 1.85. The van der Waals surface area contributed by atoms with Gasteiger partial charge >= 0.3 is 0 Å². The third-order valence-electron chi connectivity index (χ3n) is 3.72. The Morgan fingerprint density at radius 1 is 1.43 bits per heavy atom. The molecule has 0 aromatic rings. The lowest BCUT2D eigenvalue weighted by molar-refractivity contribution is -0.121. The van der Waals surface area contributed by atoms with E-state index in [0.29, 0.717) is 6.10 Å². The number of ether oxygens (including phenoxy) is 1. The van der Waals surface area contributed by atoms with Gasteiger partial charge in [-0.1, -0.05) is 26.2 Å². The van der Waals surface area contributed by atoms with Gasteiger partial charge in [0.2, 0.25) is 0 Å². The fraction of sp³-hybridized carbons (Fsp3) is 1.00. The molecule has 1 aliphatic carbocycles. The van der Waals surface area contributed by atoms with Crippen molar-refractivity contribution in [2.75, 3.05) is 13.1 Å². The topological polar surface area (TPSA) is 21.3 Å². The van der Waals surface area contributed by atoms with Crippen molar-refractivity contribution < 1.29 is 4.74 Å². The molecule has 2 heteroatoms. The summed E-state index contributed by atoms with van der Waals surface area (Å²) in [6.45, 7) is 6.57. The zero-order valence-corrected chi connectivity index (χ0v) is 9.51. The number of nitrogens with one attached hydrogen (secondary N) is 1. The smallest absolute Gasteiger partial charge is 0.0785 e. The Kier molecular flexibility index (Phi) is 3.13. The van der Waals surface area contributed by atoms with Gasteiger partial charge in [-0.25, -0.2) is 0 Å². The van der Waals surface area contributed by atoms with Crippen LogP contribution < -0.4 is 5.32 Å². The van der Waals surface area contributed by atoms with Gasteiger partial charge in [0.05, 0.1) is 11.7 Å².